The van der Waals surface area contributed by atoms with Crippen molar-refractivity contribution in [3.05, 3.63) is 59.6 Å². The van der Waals surface area contributed by atoms with Gasteiger partial charge in [0.05, 0.1) is 12.0 Å². The van der Waals surface area contributed by atoms with Crippen LogP contribution in [0.2, 0.25) is 0 Å². The zero-order valence-electron chi connectivity index (χ0n) is 15.0. The lowest BCUT2D eigenvalue weighted by Crippen LogP contribution is -2.50. The van der Waals surface area contributed by atoms with Gasteiger partial charge in [-0.3, -0.25) is 4.79 Å². The van der Waals surface area contributed by atoms with Crippen molar-refractivity contribution in [3.8, 4) is 0 Å². The minimum Gasteiger partial charge on any atom is -0.464 e. The molecule has 1 fully saturated rings. The maximum atomic E-state index is 14.0. The van der Waals surface area contributed by atoms with Crippen molar-refractivity contribution in [2.75, 3.05) is 18.6 Å². The Morgan fingerprint density at radius 3 is 2.93 bits per heavy atom. The number of aliphatic imine (C=N–C) groups is 1. The molecule has 27 heavy (non-hydrogen) atoms. The molecule has 5 rings (SSSR count). The van der Waals surface area contributed by atoms with E-state index in [4.69, 9.17) is 14.1 Å². The highest BCUT2D eigenvalue weighted by Gasteiger charge is 2.54. The van der Waals surface area contributed by atoms with Gasteiger partial charge >= 0.3 is 0 Å². The van der Waals surface area contributed by atoms with E-state index in [1.54, 1.807) is 19.3 Å². The zero-order valence-corrected chi connectivity index (χ0v) is 15.0. The first-order chi connectivity index (χ1) is 13.0. The van der Waals surface area contributed by atoms with Crippen molar-refractivity contribution in [2.24, 2.45) is 4.99 Å². The number of furan rings is 1. The molecule has 3 heterocycles. The number of Topliss-reactive ketones (excluding diaryl/α,β-unsaturated/α-hetero) is 1. The van der Waals surface area contributed by atoms with Crippen LogP contribution in [0.3, 0.4) is 0 Å². The number of ketones is 1. The Hall–Kier alpha value is -2.99. The minimum absolute atomic E-state index is 0.245. The summed E-state index contributed by atoms with van der Waals surface area (Å²) in [5, 5.41) is 1.01. The standard InChI is InChI=1S/C21H17FN2O3/c1-12-9-17-15(11-16(12)22)19(25)21(26-2)6-7-24(20(21)23-17)14-4-3-13-5-8-27-18(13)10-14/h3-5,8-11H,6-7H2,1-2H3/t21-/m1/s1. The molecule has 2 aliphatic rings. The molecule has 0 radical (unpaired) electrons. The number of methoxy groups -OCH3 is 1. The fraction of sp³-hybridized carbons (Fsp3) is 0.238. The summed E-state index contributed by atoms with van der Waals surface area (Å²) >= 11 is 0. The number of hydrogen-bond acceptors (Lipinski definition) is 5. The Balaban J connectivity index is 1.69. The smallest absolute Gasteiger partial charge is 0.204 e. The van der Waals surface area contributed by atoms with Gasteiger partial charge in [0.15, 0.2) is 5.60 Å². The van der Waals surface area contributed by atoms with Crippen LogP contribution >= 0.6 is 0 Å². The summed E-state index contributed by atoms with van der Waals surface area (Å²) < 4.78 is 25.3. The second kappa shape index (κ2) is 5.50. The van der Waals surface area contributed by atoms with Gasteiger partial charge in [0.25, 0.3) is 0 Å². The van der Waals surface area contributed by atoms with Crippen LogP contribution in [0.25, 0.3) is 11.0 Å². The molecule has 2 aromatic carbocycles. The Morgan fingerprint density at radius 1 is 1.26 bits per heavy atom. The molecule has 0 spiro atoms. The molecule has 2 aliphatic heterocycles. The van der Waals surface area contributed by atoms with Gasteiger partial charge in [-0.1, -0.05) is 0 Å². The quantitative estimate of drug-likeness (QED) is 0.676. The number of nitrogens with zero attached hydrogens (tertiary/aromatic N) is 2. The van der Waals surface area contributed by atoms with E-state index < -0.39 is 11.4 Å². The number of halogens is 1. The molecule has 6 heteroatoms. The zero-order chi connectivity index (χ0) is 18.8. The predicted molar refractivity (Wildman–Crippen MR) is 100 cm³/mol. The summed E-state index contributed by atoms with van der Waals surface area (Å²) in [7, 11) is 1.50. The second-order valence-corrected chi connectivity index (χ2v) is 6.96. The van der Waals surface area contributed by atoms with Crippen molar-refractivity contribution in [3.63, 3.8) is 0 Å². The van der Waals surface area contributed by atoms with Crippen LogP contribution in [-0.4, -0.2) is 30.9 Å². The number of rotatable bonds is 2. The molecule has 136 valence electrons. The number of anilines is 1. The topological polar surface area (TPSA) is 55.0 Å². The first-order valence-electron chi connectivity index (χ1n) is 8.77. The molecule has 0 bridgehead atoms. The van der Waals surface area contributed by atoms with E-state index >= 15 is 0 Å². The molecular weight excluding hydrogens is 347 g/mol. The fourth-order valence-corrected chi connectivity index (χ4v) is 3.99. The summed E-state index contributed by atoms with van der Waals surface area (Å²) in [5.41, 5.74) is 1.66. The summed E-state index contributed by atoms with van der Waals surface area (Å²) in [5.74, 6) is -0.116. The number of fused-ring (bicyclic) bond motifs is 3. The first-order valence-corrected chi connectivity index (χ1v) is 8.77. The van der Waals surface area contributed by atoms with E-state index in [1.807, 2.05) is 29.2 Å². The van der Waals surface area contributed by atoms with Crippen molar-refractivity contribution in [2.45, 2.75) is 18.9 Å². The van der Waals surface area contributed by atoms with Gasteiger partial charge in [0.2, 0.25) is 5.78 Å². The van der Waals surface area contributed by atoms with E-state index in [0.717, 1.165) is 16.7 Å². The Labute approximate surface area is 155 Å². The highest BCUT2D eigenvalue weighted by molar-refractivity contribution is 6.28. The third kappa shape index (κ3) is 2.13. The van der Waals surface area contributed by atoms with Crippen LogP contribution < -0.4 is 4.90 Å². The molecule has 5 nitrogen and oxygen atoms in total. The van der Waals surface area contributed by atoms with Crippen LogP contribution in [-0.2, 0) is 4.74 Å². The Kier molecular flexibility index (Phi) is 3.30. The molecule has 0 amide bonds. The molecule has 1 saturated heterocycles. The van der Waals surface area contributed by atoms with Crippen LogP contribution in [0, 0.1) is 12.7 Å². The average Bonchev–Trinajstić information content (AvgIpc) is 3.28. The molecule has 1 atom stereocenters. The molecule has 0 N–H and O–H groups in total. The number of ether oxygens (including phenoxy) is 1. The van der Waals surface area contributed by atoms with Crippen molar-refractivity contribution < 1.29 is 18.3 Å². The second-order valence-electron chi connectivity index (χ2n) is 6.96. The molecule has 0 aliphatic carbocycles. The van der Waals surface area contributed by atoms with E-state index in [9.17, 15) is 9.18 Å². The SMILES string of the molecule is CO[C@@]12CCN(c3ccc4ccoc4c3)C1=Nc1cc(C)c(F)cc1C2=O. The van der Waals surface area contributed by atoms with E-state index in [0.29, 0.717) is 30.1 Å². The molecular formula is C21H17FN2O3. The predicted octanol–water partition coefficient (Wildman–Crippen LogP) is 4.40. The van der Waals surface area contributed by atoms with Gasteiger partial charge in [-0.2, -0.15) is 0 Å². The Morgan fingerprint density at radius 2 is 2.11 bits per heavy atom. The van der Waals surface area contributed by atoms with Crippen molar-refractivity contribution in [1.82, 2.24) is 0 Å². The third-order valence-corrected chi connectivity index (χ3v) is 5.52. The summed E-state index contributed by atoms with van der Waals surface area (Å²) in [6, 6.07) is 10.7. The molecule has 0 unspecified atom stereocenters. The van der Waals surface area contributed by atoms with Crippen LogP contribution in [0.1, 0.15) is 22.3 Å². The van der Waals surface area contributed by atoms with Gasteiger partial charge in [-0.15, -0.1) is 0 Å². The number of hydrogen-bond donors (Lipinski definition) is 0. The molecule has 1 aromatic heterocycles. The van der Waals surface area contributed by atoms with E-state index in [2.05, 4.69) is 0 Å². The monoisotopic (exact) mass is 364 g/mol. The number of carbonyl (C=O) groups excluding carboxylic acids is 1. The lowest BCUT2D eigenvalue weighted by Gasteiger charge is -2.32. The highest BCUT2D eigenvalue weighted by Crippen LogP contribution is 2.42. The lowest BCUT2D eigenvalue weighted by molar-refractivity contribution is 0.0388. The molecule has 3 aromatic rings. The number of aryl methyl sites for hydroxylation is 1. The van der Waals surface area contributed by atoms with E-state index in [-0.39, 0.29) is 11.3 Å². The average molecular weight is 364 g/mol. The van der Waals surface area contributed by atoms with Gasteiger partial charge in [-0.25, -0.2) is 9.38 Å². The number of amidine groups is 1. The lowest BCUT2D eigenvalue weighted by atomic mass is 9.86. The summed E-state index contributed by atoms with van der Waals surface area (Å²) in [4.78, 5) is 19.9. The molecule has 0 saturated carbocycles. The van der Waals surface area contributed by atoms with Crippen molar-refractivity contribution >= 4 is 34.0 Å². The summed E-state index contributed by atoms with van der Waals surface area (Å²) in [6.07, 6.45) is 2.10. The van der Waals surface area contributed by atoms with Crippen LogP contribution in [0.15, 0.2) is 52.1 Å². The van der Waals surface area contributed by atoms with Gasteiger partial charge < -0.3 is 14.1 Å². The normalized spacial score (nSPS) is 21.4. The van der Waals surface area contributed by atoms with E-state index in [1.165, 1.54) is 13.2 Å². The summed E-state index contributed by atoms with van der Waals surface area (Å²) in [6.45, 7) is 2.23. The van der Waals surface area contributed by atoms with Crippen LogP contribution in [0.5, 0.6) is 0 Å². The van der Waals surface area contributed by atoms with Crippen molar-refractivity contribution in [1.29, 1.82) is 0 Å². The maximum absolute atomic E-state index is 14.0. The maximum Gasteiger partial charge on any atom is 0.204 e. The van der Waals surface area contributed by atoms with Crippen LogP contribution in [0.4, 0.5) is 15.8 Å². The van der Waals surface area contributed by atoms with Gasteiger partial charge in [-0.05, 0) is 42.8 Å². The Bertz CT molecular complexity index is 1130. The van der Waals surface area contributed by atoms with Gasteiger partial charge in [0.1, 0.15) is 17.2 Å². The third-order valence-electron chi connectivity index (χ3n) is 5.52. The highest BCUT2D eigenvalue weighted by atomic mass is 19.1. The minimum atomic E-state index is -1.19. The number of carbonyl (C=O) groups is 1. The van der Waals surface area contributed by atoms with Gasteiger partial charge in [0, 0.05) is 42.8 Å². The largest absolute Gasteiger partial charge is 0.464 e. The first kappa shape index (κ1) is 16.2. The number of benzene rings is 2. The fourth-order valence-electron chi connectivity index (χ4n) is 3.99.